The molecule has 1 aliphatic rings. The second-order valence-electron chi connectivity index (χ2n) is 12.1. The number of hydrogen-bond donors (Lipinski definition) is 1. The smallest absolute Gasteiger partial charge is 0.314 e. The number of rotatable bonds is 12. The average molecular weight is 587 g/mol. The van der Waals surface area contributed by atoms with Crippen LogP contribution in [0.2, 0.25) is 0 Å². The van der Waals surface area contributed by atoms with Crippen LogP contribution in [-0.2, 0) is 16.1 Å². The number of benzene rings is 2. The van der Waals surface area contributed by atoms with E-state index in [1.165, 1.54) is 4.90 Å². The van der Waals surface area contributed by atoms with E-state index in [1.54, 1.807) is 58.9 Å². The molecule has 10 heteroatoms. The van der Waals surface area contributed by atoms with E-state index in [2.05, 4.69) is 0 Å². The Labute approximate surface area is 247 Å². The van der Waals surface area contributed by atoms with E-state index in [-0.39, 0.29) is 48.4 Å². The highest BCUT2D eigenvalue weighted by molar-refractivity contribution is 6.06. The molecule has 0 amide bonds. The van der Waals surface area contributed by atoms with Gasteiger partial charge in [0.15, 0.2) is 34.6 Å². The number of carbonyl (C=O) groups excluding carboxylic acids is 2. The van der Waals surface area contributed by atoms with Crippen LogP contribution in [0.15, 0.2) is 24.3 Å². The molecule has 0 aliphatic carbocycles. The molecule has 230 valence electrons. The molecular weight excluding hydrogens is 543 g/mol. The highest BCUT2D eigenvalue weighted by atomic mass is 19.1. The van der Waals surface area contributed by atoms with Crippen LogP contribution in [0.5, 0.6) is 23.0 Å². The van der Waals surface area contributed by atoms with Crippen LogP contribution in [0.1, 0.15) is 83.8 Å². The van der Waals surface area contributed by atoms with Crippen LogP contribution >= 0.6 is 0 Å². The first-order valence-electron chi connectivity index (χ1n) is 14.2. The number of nitrogens with zero attached hydrogens (tertiary/aromatic N) is 1. The molecule has 0 spiro atoms. The number of halogens is 1. The molecule has 2 aromatic rings. The molecule has 9 nitrogen and oxygen atoms in total. The Balaban J connectivity index is 1.84. The first kappa shape index (κ1) is 32.7. The number of nitrogens with one attached hydrogen (secondary N) is 1. The molecule has 1 aliphatic heterocycles. The summed E-state index contributed by atoms with van der Waals surface area (Å²) >= 11 is 0. The molecule has 0 fully saturated rings. The lowest BCUT2D eigenvalue weighted by Gasteiger charge is -2.32. The van der Waals surface area contributed by atoms with Crippen molar-refractivity contribution in [1.29, 1.82) is 5.41 Å². The van der Waals surface area contributed by atoms with Gasteiger partial charge < -0.3 is 28.6 Å². The van der Waals surface area contributed by atoms with Gasteiger partial charge in [-0.05, 0) is 71.4 Å². The highest BCUT2D eigenvalue weighted by Crippen LogP contribution is 2.39. The zero-order valence-corrected chi connectivity index (χ0v) is 26.1. The Bertz CT molecular complexity index is 1330. The number of carbonyl (C=O) groups is 2. The summed E-state index contributed by atoms with van der Waals surface area (Å²) < 4.78 is 44.1. The van der Waals surface area contributed by atoms with Crippen molar-refractivity contribution in [3.05, 3.63) is 46.8 Å². The molecule has 1 unspecified atom stereocenters. The normalized spacial score (nSPS) is 13.9. The standard InChI is InChI=1S/C32H43FN2O7/c1-10-38-23-15-19(13-14-22(23)41-30(32(7,8)9)42-29(37)31(4,5)6)21(36)18-35-17-20-16-24(39-11-2)27(40-12-3)26(33)25(20)28(35)34/h13-16,30,34H,10-12,17-18H2,1-9H3. The van der Waals surface area contributed by atoms with E-state index >= 15 is 4.39 Å². The average Bonchev–Trinajstić information content (AvgIpc) is 3.20. The van der Waals surface area contributed by atoms with Crippen molar-refractivity contribution in [2.75, 3.05) is 26.4 Å². The van der Waals surface area contributed by atoms with Gasteiger partial charge in [0.1, 0.15) is 5.84 Å². The minimum atomic E-state index is -0.911. The summed E-state index contributed by atoms with van der Waals surface area (Å²) in [5, 5.41) is 8.61. The highest BCUT2D eigenvalue weighted by Gasteiger charge is 2.36. The Morgan fingerprint density at radius 3 is 2.12 bits per heavy atom. The van der Waals surface area contributed by atoms with Gasteiger partial charge in [0, 0.05) is 17.5 Å². The molecule has 3 rings (SSSR count). The number of Topliss-reactive ketones (excluding diaryl/α,β-unsaturated/α-hetero) is 1. The number of esters is 1. The third-order valence-electron chi connectivity index (χ3n) is 6.44. The van der Waals surface area contributed by atoms with Gasteiger partial charge >= 0.3 is 5.97 Å². The fraction of sp³-hybridized carbons (Fsp3) is 0.531. The zero-order chi connectivity index (χ0) is 31.4. The minimum Gasteiger partial charge on any atom is -0.490 e. The fourth-order valence-electron chi connectivity index (χ4n) is 4.24. The molecule has 0 saturated heterocycles. The van der Waals surface area contributed by atoms with Crippen LogP contribution in [0.4, 0.5) is 4.39 Å². The van der Waals surface area contributed by atoms with Gasteiger partial charge in [-0.15, -0.1) is 0 Å². The largest absolute Gasteiger partial charge is 0.490 e. The SMILES string of the molecule is CCOc1cc(C(=O)CN2Cc3cc(OCC)c(OCC)c(F)c3C2=N)ccc1OC(OC(=O)C(C)(C)C)C(C)(C)C. The number of amidine groups is 1. The molecule has 0 saturated carbocycles. The van der Waals surface area contributed by atoms with Crippen LogP contribution in [0.3, 0.4) is 0 Å². The van der Waals surface area contributed by atoms with E-state index in [0.717, 1.165) is 0 Å². The van der Waals surface area contributed by atoms with Gasteiger partial charge in [-0.2, -0.15) is 0 Å². The third kappa shape index (κ3) is 7.33. The molecule has 42 heavy (non-hydrogen) atoms. The van der Waals surface area contributed by atoms with Gasteiger partial charge in [0.2, 0.25) is 6.29 Å². The van der Waals surface area contributed by atoms with E-state index in [4.69, 9.17) is 29.1 Å². The first-order chi connectivity index (χ1) is 19.6. The van der Waals surface area contributed by atoms with E-state index in [9.17, 15) is 9.59 Å². The van der Waals surface area contributed by atoms with Crippen molar-refractivity contribution in [2.24, 2.45) is 10.8 Å². The Kier molecular flexibility index (Phi) is 10.1. The second kappa shape index (κ2) is 13.0. The van der Waals surface area contributed by atoms with Crippen molar-refractivity contribution in [3.63, 3.8) is 0 Å². The molecule has 0 aromatic heterocycles. The third-order valence-corrected chi connectivity index (χ3v) is 6.44. The summed E-state index contributed by atoms with van der Waals surface area (Å²) in [5.74, 6) is -0.577. The van der Waals surface area contributed by atoms with Gasteiger partial charge in [0.05, 0.1) is 37.3 Å². The lowest BCUT2D eigenvalue weighted by Crippen LogP contribution is -2.39. The van der Waals surface area contributed by atoms with E-state index in [1.807, 2.05) is 27.7 Å². The predicted octanol–water partition coefficient (Wildman–Crippen LogP) is 6.39. The van der Waals surface area contributed by atoms with Crippen LogP contribution in [-0.4, -0.2) is 55.1 Å². The lowest BCUT2D eigenvalue weighted by atomic mass is 9.94. The maximum atomic E-state index is 15.4. The van der Waals surface area contributed by atoms with Gasteiger partial charge in [-0.25, -0.2) is 4.39 Å². The van der Waals surface area contributed by atoms with Gasteiger partial charge in [0.25, 0.3) is 0 Å². The summed E-state index contributed by atoms with van der Waals surface area (Å²) in [5.41, 5.74) is -0.282. The van der Waals surface area contributed by atoms with Crippen LogP contribution < -0.4 is 18.9 Å². The maximum absolute atomic E-state index is 15.4. The first-order valence-corrected chi connectivity index (χ1v) is 14.2. The summed E-state index contributed by atoms with van der Waals surface area (Å²) in [4.78, 5) is 27.5. The Morgan fingerprint density at radius 2 is 1.55 bits per heavy atom. The summed E-state index contributed by atoms with van der Waals surface area (Å²) in [7, 11) is 0. The molecule has 0 radical (unpaired) electrons. The van der Waals surface area contributed by atoms with E-state index < -0.39 is 28.9 Å². The Hall–Kier alpha value is -3.82. The Morgan fingerprint density at radius 1 is 0.929 bits per heavy atom. The molecule has 2 aromatic carbocycles. The summed E-state index contributed by atoms with van der Waals surface area (Å²) in [6.45, 7) is 17.2. The van der Waals surface area contributed by atoms with Crippen molar-refractivity contribution >= 4 is 17.6 Å². The van der Waals surface area contributed by atoms with Crippen LogP contribution in [0.25, 0.3) is 0 Å². The van der Waals surface area contributed by atoms with Crippen molar-refractivity contribution < 1.29 is 37.7 Å². The molecule has 1 atom stereocenters. The van der Waals surface area contributed by atoms with Crippen LogP contribution in [0, 0.1) is 22.1 Å². The topological polar surface area (TPSA) is 107 Å². The van der Waals surface area contributed by atoms with E-state index in [0.29, 0.717) is 35.8 Å². The molecule has 1 heterocycles. The fourth-order valence-corrected chi connectivity index (χ4v) is 4.24. The van der Waals surface area contributed by atoms with Gasteiger partial charge in [-0.3, -0.25) is 15.0 Å². The number of ketones is 1. The number of ether oxygens (including phenoxy) is 5. The van der Waals surface area contributed by atoms with Crippen molar-refractivity contribution in [3.8, 4) is 23.0 Å². The molecule has 1 N–H and O–H groups in total. The zero-order valence-electron chi connectivity index (χ0n) is 26.1. The lowest BCUT2D eigenvalue weighted by molar-refractivity contribution is -0.188. The summed E-state index contributed by atoms with van der Waals surface area (Å²) in [6, 6.07) is 6.44. The second-order valence-corrected chi connectivity index (χ2v) is 12.1. The maximum Gasteiger partial charge on any atom is 0.314 e. The molecular formula is C32H43FN2O7. The quantitative estimate of drug-likeness (QED) is 0.173. The predicted molar refractivity (Wildman–Crippen MR) is 157 cm³/mol. The van der Waals surface area contributed by atoms with Gasteiger partial charge in [-0.1, -0.05) is 20.8 Å². The molecule has 0 bridgehead atoms. The number of fused-ring (bicyclic) bond motifs is 1. The minimum absolute atomic E-state index is 0.0327. The van der Waals surface area contributed by atoms with Crippen molar-refractivity contribution in [1.82, 2.24) is 4.90 Å². The summed E-state index contributed by atoms with van der Waals surface area (Å²) in [6.07, 6.45) is -0.911. The number of hydrogen-bond acceptors (Lipinski definition) is 8. The monoisotopic (exact) mass is 586 g/mol. The van der Waals surface area contributed by atoms with Crippen molar-refractivity contribution in [2.45, 2.75) is 75.1 Å².